The van der Waals surface area contributed by atoms with Gasteiger partial charge in [0.15, 0.2) is 0 Å². The summed E-state index contributed by atoms with van der Waals surface area (Å²) in [6.07, 6.45) is 0. The highest BCUT2D eigenvalue weighted by atomic mass is 35.5. The summed E-state index contributed by atoms with van der Waals surface area (Å²) in [5.74, 6) is -1.47. The van der Waals surface area contributed by atoms with E-state index in [1.807, 2.05) is 0 Å². The number of carbonyl (C=O) groups excluding carboxylic acids is 1. The minimum atomic E-state index is -1.29. The third-order valence-electron chi connectivity index (χ3n) is 3.09. The highest BCUT2D eigenvalue weighted by Crippen LogP contribution is 2.24. The number of benzene rings is 1. The number of carbonyl (C=O) groups is 2. The highest BCUT2D eigenvalue weighted by Gasteiger charge is 2.36. The van der Waals surface area contributed by atoms with Gasteiger partial charge in [0, 0.05) is 7.05 Å². The van der Waals surface area contributed by atoms with Gasteiger partial charge in [-0.1, -0.05) is 23.7 Å². The summed E-state index contributed by atoms with van der Waals surface area (Å²) >= 11 is 6.07. The Bertz CT molecular complexity index is 497. The van der Waals surface area contributed by atoms with Crippen LogP contribution in [0.3, 0.4) is 0 Å². The molecule has 0 unspecified atom stereocenters. The fourth-order valence-electron chi connectivity index (χ4n) is 1.39. The van der Waals surface area contributed by atoms with Crippen LogP contribution in [0.5, 0.6) is 0 Å². The van der Waals surface area contributed by atoms with Crippen molar-refractivity contribution in [2.24, 2.45) is 0 Å². The van der Waals surface area contributed by atoms with Gasteiger partial charge in [0.25, 0.3) is 5.91 Å². The number of amides is 1. The van der Waals surface area contributed by atoms with E-state index in [9.17, 15) is 9.59 Å². The molecular formula is C13H16ClNO3. The molecule has 4 nitrogen and oxygen atoms in total. The van der Waals surface area contributed by atoms with Crippen molar-refractivity contribution in [1.29, 1.82) is 0 Å². The molecule has 0 aliphatic heterocycles. The predicted molar refractivity (Wildman–Crippen MR) is 70.0 cm³/mol. The molecule has 0 aliphatic rings. The van der Waals surface area contributed by atoms with Crippen molar-refractivity contribution in [3.05, 3.63) is 34.3 Å². The van der Waals surface area contributed by atoms with Crippen LogP contribution in [0, 0.1) is 6.92 Å². The zero-order valence-corrected chi connectivity index (χ0v) is 11.6. The number of carboxylic acids is 1. The molecule has 0 heterocycles. The molecule has 0 bridgehead atoms. The first kappa shape index (κ1) is 14.5. The molecule has 1 N–H and O–H groups in total. The summed E-state index contributed by atoms with van der Waals surface area (Å²) in [5.41, 5.74) is -0.193. The largest absolute Gasteiger partial charge is 0.480 e. The van der Waals surface area contributed by atoms with E-state index < -0.39 is 17.4 Å². The molecule has 0 aliphatic carbocycles. The maximum absolute atomic E-state index is 12.2. The Labute approximate surface area is 111 Å². The van der Waals surface area contributed by atoms with Gasteiger partial charge in [-0.25, -0.2) is 4.79 Å². The summed E-state index contributed by atoms with van der Waals surface area (Å²) < 4.78 is 0. The van der Waals surface area contributed by atoms with Crippen LogP contribution >= 0.6 is 11.6 Å². The molecule has 0 saturated carbocycles. The molecule has 0 radical (unpaired) electrons. The van der Waals surface area contributed by atoms with E-state index >= 15 is 0 Å². The van der Waals surface area contributed by atoms with Crippen LogP contribution in [0.2, 0.25) is 5.02 Å². The minimum absolute atomic E-state index is 0.313. The monoisotopic (exact) mass is 269 g/mol. The van der Waals surface area contributed by atoms with E-state index in [-0.39, 0.29) is 0 Å². The maximum Gasteiger partial charge on any atom is 0.329 e. The smallest absolute Gasteiger partial charge is 0.329 e. The predicted octanol–water partition coefficient (Wildman–Crippen LogP) is 2.58. The van der Waals surface area contributed by atoms with Gasteiger partial charge in [-0.05, 0) is 32.4 Å². The zero-order valence-electron chi connectivity index (χ0n) is 10.8. The van der Waals surface area contributed by atoms with Crippen molar-refractivity contribution in [2.45, 2.75) is 26.3 Å². The third-order valence-corrected chi connectivity index (χ3v) is 3.59. The van der Waals surface area contributed by atoms with Gasteiger partial charge in [0.05, 0.1) is 10.6 Å². The molecule has 18 heavy (non-hydrogen) atoms. The number of carboxylic acid groups (broad SMARTS) is 1. The highest BCUT2D eigenvalue weighted by molar-refractivity contribution is 6.34. The van der Waals surface area contributed by atoms with Crippen LogP contribution < -0.4 is 0 Å². The van der Waals surface area contributed by atoms with E-state index in [0.29, 0.717) is 10.6 Å². The lowest BCUT2D eigenvalue weighted by Gasteiger charge is -2.31. The average Bonchev–Trinajstić information content (AvgIpc) is 2.30. The number of aryl methyl sites for hydroxylation is 1. The first-order valence-electron chi connectivity index (χ1n) is 5.46. The lowest BCUT2D eigenvalue weighted by Crippen LogP contribution is -2.50. The maximum atomic E-state index is 12.2. The van der Waals surface area contributed by atoms with Crippen LogP contribution in [-0.2, 0) is 4.79 Å². The van der Waals surface area contributed by atoms with E-state index in [1.54, 1.807) is 25.1 Å². The van der Waals surface area contributed by atoms with Gasteiger partial charge in [0.2, 0.25) is 0 Å². The lowest BCUT2D eigenvalue weighted by atomic mass is 10.0. The van der Waals surface area contributed by atoms with E-state index in [2.05, 4.69) is 0 Å². The van der Waals surface area contributed by atoms with Gasteiger partial charge in [0.1, 0.15) is 5.54 Å². The Kier molecular flexibility index (Phi) is 4.02. The number of hydrogen-bond acceptors (Lipinski definition) is 2. The Morgan fingerprint density at radius 3 is 2.39 bits per heavy atom. The van der Waals surface area contributed by atoms with Crippen molar-refractivity contribution in [2.75, 3.05) is 7.05 Å². The third kappa shape index (κ3) is 2.48. The van der Waals surface area contributed by atoms with Crippen molar-refractivity contribution in [3.8, 4) is 0 Å². The molecule has 0 saturated heterocycles. The first-order valence-corrected chi connectivity index (χ1v) is 5.84. The van der Waals surface area contributed by atoms with Crippen molar-refractivity contribution in [1.82, 2.24) is 4.90 Å². The van der Waals surface area contributed by atoms with Crippen LogP contribution in [0.1, 0.15) is 29.8 Å². The topological polar surface area (TPSA) is 57.6 Å². The lowest BCUT2D eigenvalue weighted by molar-refractivity contribution is -0.147. The zero-order chi connectivity index (χ0) is 14.1. The summed E-state index contributed by atoms with van der Waals surface area (Å²) in [4.78, 5) is 24.5. The molecule has 1 amide bonds. The van der Waals surface area contributed by atoms with Crippen LogP contribution in [0.15, 0.2) is 18.2 Å². The van der Waals surface area contributed by atoms with E-state index in [4.69, 9.17) is 16.7 Å². The normalized spacial score (nSPS) is 11.2. The molecule has 1 rings (SSSR count). The Balaban J connectivity index is 3.16. The van der Waals surface area contributed by atoms with E-state index in [0.717, 1.165) is 5.56 Å². The number of aliphatic carboxylic acids is 1. The molecule has 0 atom stereocenters. The molecular weight excluding hydrogens is 254 g/mol. The van der Waals surface area contributed by atoms with E-state index in [1.165, 1.54) is 25.8 Å². The molecule has 1 aromatic carbocycles. The van der Waals surface area contributed by atoms with Gasteiger partial charge in [-0.3, -0.25) is 4.79 Å². The van der Waals surface area contributed by atoms with Gasteiger partial charge in [-0.2, -0.15) is 0 Å². The van der Waals surface area contributed by atoms with Crippen LogP contribution in [0.4, 0.5) is 0 Å². The summed E-state index contributed by atoms with van der Waals surface area (Å²) in [7, 11) is 1.45. The molecule has 98 valence electrons. The summed E-state index contributed by atoms with van der Waals surface area (Å²) in [6.45, 7) is 4.73. The second-order valence-corrected chi connectivity index (χ2v) is 5.04. The fourth-order valence-corrected chi connectivity index (χ4v) is 1.60. The number of halogens is 1. The number of hydrogen-bond donors (Lipinski definition) is 1. The van der Waals surface area contributed by atoms with Gasteiger partial charge < -0.3 is 10.0 Å². The molecule has 0 aromatic heterocycles. The van der Waals surface area contributed by atoms with Crippen LogP contribution in [0.25, 0.3) is 0 Å². The Morgan fingerprint density at radius 2 is 1.89 bits per heavy atom. The standard InChI is InChI=1S/C13H16ClNO3/c1-8-6-5-7-9(10(8)14)11(16)15(4)13(2,3)12(17)18/h5-7H,1-4H3,(H,17,18). The van der Waals surface area contributed by atoms with Crippen molar-refractivity contribution < 1.29 is 14.7 Å². The van der Waals surface area contributed by atoms with Gasteiger partial charge in [-0.15, -0.1) is 0 Å². The molecule has 0 fully saturated rings. The average molecular weight is 270 g/mol. The fraction of sp³-hybridized carbons (Fsp3) is 0.385. The molecule has 1 aromatic rings. The minimum Gasteiger partial charge on any atom is -0.480 e. The Hall–Kier alpha value is -1.55. The van der Waals surface area contributed by atoms with Gasteiger partial charge >= 0.3 is 5.97 Å². The second kappa shape index (κ2) is 4.98. The summed E-state index contributed by atoms with van der Waals surface area (Å²) in [5, 5.41) is 9.46. The number of rotatable bonds is 3. The van der Waals surface area contributed by atoms with Crippen LogP contribution in [-0.4, -0.2) is 34.5 Å². The molecule has 5 heteroatoms. The van der Waals surface area contributed by atoms with Crippen molar-refractivity contribution in [3.63, 3.8) is 0 Å². The molecule has 0 spiro atoms. The SMILES string of the molecule is Cc1cccc(C(=O)N(C)C(C)(C)C(=O)O)c1Cl. The quantitative estimate of drug-likeness (QED) is 0.918. The Morgan fingerprint density at radius 1 is 1.33 bits per heavy atom. The number of nitrogens with zero attached hydrogens (tertiary/aromatic N) is 1. The first-order chi connectivity index (χ1) is 8.19. The second-order valence-electron chi connectivity index (χ2n) is 4.66. The summed E-state index contributed by atoms with van der Waals surface area (Å²) in [6, 6.07) is 5.10. The number of likely N-dealkylation sites (N-methyl/N-ethyl adjacent to an activating group) is 1. The van der Waals surface area contributed by atoms with Crippen molar-refractivity contribution >= 4 is 23.5 Å².